The van der Waals surface area contributed by atoms with Crippen molar-refractivity contribution >= 4 is 44.1 Å². The molecule has 0 unspecified atom stereocenters. The summed E-state index contributed by atoms with van der Waals surface area (Å²) in [5.74, 6) is -0.0130. The number of anilines is 2. The van der Waals surface area contributed by atoms with Crippen LogP contribution in [0.4, 0.5) is 11.4 Å². The Hall–Kier alpha value is -2.40. The van der Waals surface area contributed by atoms with Gasteiger partial charge in [0.15, 0.2) is 0 Å². The lowest BCUT2D eigenvalue weighted by Gasteiger charge is -2.10. The van der Waals surface area contributed by atoms with Gasteiger partial charge in [-0.3, -0.25) is 9.78 Å². The van der Waals surface area contributed by atoms with Gasteiger partial charge in [-0.2, -0.15) is 0 Å². The van der Waals surface area contributed by atoms with Gasteiger partial charge in [-0.1, -0.05) is 22.0 Å². The Morgan fingerprint density at radius 3 is 2.95 bits per heavy atom. The van der Waals surface area contributed by atoms with Gasteiger partial charge in [0.2, 0.25) is 0 Å². The number of hydrogen-bond donors (Lipinski definition) is 2. The maximum atomic E-state index is 11.8. The van der Waals surface area contributed by atoms with Crippen molar-refractivity contribution in [2.24, 2.45) is 0 Å². The highest BCUT2D eigenvalue weighted by molar-refractivity contribution is 9.10. The van der Waals surface area contributed by atoms with Crippen molar-refractivity contribution in [1.29, 1.82) is 0 Å². The van der Waals surface area contributed by atoms with Gasteiger partial charge in [0.25, 0.3) is 5.91 Å². The summed E-state index contributed by atoms with van der Waals surface area (Å²) in [6.07, 6.45) is 1.78. The molecule has 1 aromatic heterocycles. The van der Waals surface area contributed by atoms with Crippen molar-refractivity contribution in [2.45, 2.75) is 6.54 Å². The number of nitrogens with one attached hydrogen (secondary N) is 2. The third-order valence-corrected chi connectivity index (χ3v) is 4.27. The number of carbonyl (C=O) groups is 1. The molecule has 22 heavy (non-hydrogen) atoms. The minimum absolute atomic E-state index is 0.0130. The van der Waals surface area contributed by atoms with Crippen LogP contribution in [-0.2, 0) is 6.54 Å². The molecule has 1 amide bonds. The van der Waals surface area contributed by atoms with Crippen LogP contribution in [0.1, 0.15) is 15.9 Å². The second-order valence-corrected chi connectivity index (χ2v) is 6.12. The molecule has 0 fully saturated rings. The molecular formula is C17H12BrN3O. The van der Waals surface area contributed by atoms with Gasteiger partial charge in [-0.15, -0.1) is 0 Å². The zero-order valence-electron chi connectivity index (χ0n) is 11.6. The van der Waals surface area contributed by atoms with Crippen LogP contribution in [-0.4, -0.2) is 10.9 Å². The predicted octanol–water partition coefficient (Wildman–Crippen LogP) is 3.98. The Balaban J connectivity index is 1.77. The van der Waals surface area contributed by atoms with Gasteiger partial charge >= 0.3 is 0 Å². The molecule has 1 aliphatic heterocycles. The summed E-state index contributed by atoms with van der Waals surface area (Å²) < 4.78 is 1.00. The third kappa shape index (κ3) is 2.23. The highest BCUT2D eigenvalue weighted by Crippen LogP contribution is 2.29. The van der Waals surface area contributed by atoms with Crippen molar-refractivity contribution in [3.05, 3.63) is 64.3 Å². The number of benzene rings is 2. The number of halogens is 1. The Bertz CT molecular complexity index is 908. The Morgan fingerprint density at radius 1 is 1.14 bits per heavy atom. The molecule has 0 saturated heterocycles. The largest absolute Gasteiger partial charge is 0.355 e. The first-order valence-corrected chi connectivity index (χ1v) is 7.72. The monoisotopic (exact) mass is 353 g/mol. The van der Waals surface area contributed by atoms with Crippen molar-refractivity contribution in [3.8, 4) is 0 Å². The van der Waals surface area contributed by atoms with E-state index in [4.69, 9.17) is 0 Å². The first-order valence-electron chi connectivity index (χ1n) is 6.93. The molecule has 0 saturated carbocycles. The molecule has 1 aliphatic rings. The van der Waals surface area contributed by atoms with E-state index in [0.29, 0.717) is 6.54 Å². The van der Waals surface area contributed by atoms with Gasteiger partial charge in [0, 0.05) is 39.5 Å². The lowest BCUT2D eigenvalue weighted by molar-refractivity contribution is 0.0966. The van der Waals surface area contributed by atoms with E-state index in [9.17, 15) is 4.79 Å². The second kappa shape index (κ2) is 5.10. The van der Waals surface area contributed by atoms with E-state index in [1.165, 1.54) is 0 Å². The quantitative estimate of drug-likeness (QED) is 0.732. The van der Waals surface area contributed by atoms with Crippen LogP contribution in [0, 0.1) is 0 Å². The predicted molar refractivity (Wildman–Crippen MR) is 90.3 cm³/mol. The van der Waals surface area contributed by atoms with Crippen molar-refractivity contribution < 1.29 is 4.79 Å². The first-order chi connectivity index (χ1) is 10.7. The summed E-state index contributed by atoms with van der Waals surface area (Å²) in [7, 11) is 0. The zero-order valence-corrected chi connectivity index (χ0v) is 13.1. The molecule has 0 aliphatic carbocycles. The molecule has 0 radical (unpaired) electrons. The number of aromatic nitrogens is 1. The van der Waals surface area contributed by atoms with Crippen molar-refractivity contribution in [2.75, 3.05) is 5.32 Å². The summed E-state index contributed by atoms with van der Waals surface area (Å²) in [6, 6.07) is 13.8. The fraction of sp³-hybridized carbons (Fsp3) is 0.0588. The molecule has 108 valence electrons. The van der Waals surface area contributed by atoms with Gasteiger partial charge in [-0.25, -0.2) is 0 Å². The molecule has 2 aromatic carbocycles. The average Bonchev–Trinajstić information content (AvgIpc) is 2.89. The van der Waals surface area contributed by atoms with Crippen LogP contribution in [0.5, 0.6) is 0 Å². The summed E-state index contributed by atoms with van der Waals surface area (Å²) >= 11 is 3.49. The summed E-state index contributed by atoms with van der Waals surface area (Å²) in [6.45, 7) is 0.611. The minimum atomic E-state index is -0.0130. The van der Waals surface area contributed by atoms with Gasteiger partial charge in [0.05, 0.1) is 5.52 Å². The van der Waals surface area contributed by atoms with E-state index in [0.717, 1.165) is 37.9 Å². The lowest BCUT2D eigenvalue weighted by Crippen LogP contribution is -2.12. The third-order valence-electron chi connectivity index (χ3n) is 3.78. The second-order valence-electron chi connectivity index (χ2n) is 5.20. The maximum absolute atomic E-state index is 11.8. The van der Waals surface area contributed by atoms with Crippen LogP contribution in [0.3, 0.4) is 0 Å². The van der Waals surface area contributed by atoms with Crippen molar-refractivity contribution in [1.82, 2.24) is 10.3 Å². The summed E-state index contributed by atoms with van der Waals surface area (Å²) in [5.41, 5.74) is 4.56. The normalized spacial score (nSPS) is 13.0. The Labute approximate surface area is 135 Å². The Morgan fingerprint density at radius 2 is 2.05 bits per heavy atom. The van der Waals surface area contributed by atoms with Crippen LogP contribution in [0.2, 0.25) is 0 Å². The lowest BCUT2D eigenvalue weighted by atomic mass is 10.1. The molecule has 2 N–H and O–H groups in total. The number of carbonyl (C=O) groups excluding carboxylic acids is 1. The average molecular weight is 354 g/mol. The molecule has 0 spiro atoms. The van der Waals surface area contributed by atoms with E-state index in [-0.39, 0.29) is 5.91 Å². The van der Waals surface area contributed by atoms with Gasteiger partial charge in [0.1, 0.15) is 0 Å². The molecular weight excluding hydrogens is 342 g/mol. The molecule has 4 rings (SSSR count). The molecule has 0 atom stereocenters. The number of nitrogens with zero attached hydrogens (tertiary/aromatic N) is 1. The van der Waals surface area contributed by atoms with Gasteiger partial charge in [-0.05, 0) is 42.0 Å². The van der Waals surface area contributed by atoms with E-state index in [2.05, 4.69) is 31.5 Å². The molecule has 4 nitrogen and oxygen atoms in total. The number of fused-ring (bicyclic) bond motifs is 2. The number of amides is 1. The summed E-state index contributed by atoms with van der Waals surface area (Å²) in [4.78, 5) is 16.1. The van der Waals surface area contributed by atoms with E-state index < -0.39 is 0 Å². The van der Waals surface area contributed by atoms with Crippen LogP contribution >= 0.6 is 15.9 Å². The minimum Gasteiger partial charge on any atom is -0.355 e. The molecule has 5 heteroatoms. The number of hydrogen-bond acceptors (Lipinski definition) is 3. The molecule has 0 bridgehead atoms. The summed E-state index contributed by atoms with van der Waals surface area (Å²) in [5, 5.41) is 7.24. The van der Waals surface area contributed by atoms with E-state index in [1.54, 1.807) is 6.20 Å². The van der Waals surface area contributed by atoms with Crippen LogP contribution < -0.4 is 10.6 Å². The fourth-order valence-electron chi connectivity index (χ4n) is 2.67. The Kier molecular flexibility index (Phi) is 3.08. The highest BCUT2D eigenvalue weighted by atomic mass is 79.9. The SMILES string of the molecule is O=C1NCc2ccc(Nc3ccnc4ccc(Br)cc34)cc21. The van der Waals surface area contributed by atoms with Crippen LogP contribution in [0.15, 0.2) is 53.1 Å². The highest BCUT2D eigenvalue weighted by Gasteiger charge is 2.18. The van der Waals surface area contributed by atoms with E-state index in [1.807, 2.05) is 42.5 Å². The zero-order chi connectivity index (χ0) is 15.1. The first kappa shape index (κ1) is 13.3. The number of rotatable bonds is 2. The van der Waals surface area contributed by atoms with E-state index >= 15 is 0 Å². The molecule has 2 heterocycles. The fourth-order valence-corrected chi connectivity index (χ4v) is 3.03. The smallest absolute Gasteiger partial charge is 0.251 e. The maximum Gasteiger partial charge on any atom is 0.251 e. The van der Waals surface area contributed by atoms with Gasteiger partial charge < -0.3 is 10.6 Å². The topological polar surface area (TPSA) is 54.0 Å². The van der Waals surface area contributed by atoms with Crippen molar-refractivity contribution in [3.63, 3.8) is 0 Å². The standard InChI is InChI=1S/C17H12BrN3O/c18-11-2-4-15-14(7-11)16(5-6-19-15)21-12-3-1-10-9-20-17(22)13(10)8-12/h1-8H,9H2,(H,19,21)(H,20,22). The molecule has 3 aromatic rings. The van der Waals surface area contributed by atoms with Crippen LogP contribution in [0.25, 0.3) is 10.9 Å². The number of pyridine rings is 1.